The fourth-order valence-electron chi connectivity index (χ4n) is 2.90. The molecule has 2 aromatic rings. The fraction of sp³-hybridized carbons (Fsp3) is 0.227. The van der Waals surface area contributed by atoms with Gasteiger partial charge in [0.15, 0.2) is 0 Å². The summed E-state index contributed by atoms with van der Waals surface area (Å²) in [7, 11) is 0. The maximum absolute atomic E-state index is 12.3. The van der Waals surface area contributed by atoms with E-state index in [4.69, 9.17) is 11.6 Å². The van der Waals surface area contributed by atoms with Gasteiger partial charge in [0.1, 0.15) is 0 Å². The van der Waals surface area contributed by atoms with Crippen LogP contribution in [0.3, 0.4) is 0 Å². The van der Waals surface area contributed by atoms with Gasteiger partial charge in [-0.2, -0.15) is 0 Å². The number of hydrogen-bond donors (Lipinski definition) is 0. The van der Waals surface area contributed by atoms with Crippen molar-refractivity contribution in [1.29, 1.82) is 0 Å². The quantitative estimate of drug-likeness (QED) is 0.740. The third-order valence-corrected chi connectivity index (χ3v) is 4.70. The summed E-state index contributed by atoms with van der Waals surface area (Å²) in [5.74, 6) is 0.0689. The lowest BCUT2D eigenvalue weighted by molar-refractivity contribution is -0.127. The summed E-state index contributed by atoms with van der Waals surface area (Å²) in [5.41, 5.74) is 2.20. The zero-order valence-electron chi connectivity index (χ0n) is 14.7. The monoisotopic (exact) mass is 366 g/mol. The van der Waals surface area contributed by atoms with Gasteiger partial charge in [-0.1, -0.05) is 66.2 Å². The van der Waals surface area contributed by atoms with E-state index in [0.29, 0.717) is 5.02 Å². The van der Waals surface area contributed by atoms with E-state index < -0.39 is 0 Å². The molecule has 0 aromatic heterocycles. The molecule has 2 aromatic carbocycles. The van der Waals surface area contributed by atoms with E-state index >= 15 is 0 Å². The van der Waals surface area contributed by atoms with Crippen molar-refractivity contribution in [1.82, 2.24) is 9.80 Å². The van der Waals surface area contributed by atoms with Crippen molar-refractivity contribution in [3.05, 3.63) is 82.9 Å². The Hall–Kier alpha value is -2.36. The van der Waals surface area contributed by atoms with Gasteiger partial charge in [0.05, 0.1) is 0 Å². The molecule has 1 amide bonds. The second-order valence-electron chi connectivity index (χ2n) is 6.32. The number of amides is 1. The molecule has 3 rings (SSSR count). The Bertz CT molecular complexity index is 760. The molecule has 134 valence electrons. The minimum Gasteiger partial charge on any atom is -0.337 e. The van der Waals surface area contributed by atoms with E-state index in [1.807, 2.05) is 53.4 Å². The van der Waals surface area contributed by atoms with Crippen molar-refractivity contribution >= 4 is 29.7 Å². The standard InChI is InChI=1S/C22H23ClN2O/c23-21-11-8-20(9-12-21)10-13-22(26)25-17-15-24(16-18-25)14-4-7-19-5-2-1-3-6-19/h1-13H,14-18H2. The van der Waals surface area contributed by atoms with E-state index in [0.717, 1.165) is 38.3 Å². The Balaban J connectivity index is 1.43. The van der Waals surface area contributed by atoms with E-state index in [1.165, 1.54) is 5.56 Å². The summed E-state index contributed by atoms with van der Waals surface area (Å²) < 4.78 is 0. The molecule has 0 spiro atoms. The highest BCUT2D eigenvalue weighted by Crippen LogP contribution is 2.11. The molecular weight excluding hydrogens is 344 g/mol. The van der Waals surface area contributed by atoms with Crippen molar-refractivity contribution in [2.24, 2.45) is 0 Å². The number of piperazine rings is 1. The Morgan fingerprint density at radius 3 is 2.23 bits per heavy atom. The van der Waals surface area contributed by atoms with Gasteiger partial charge in [-0.3, -0.25) is 9.69 Å². The molecule has 3 nitrogen and oxygen atoms in total. The first-order chi connectivity index (χ1) is 12.7. The van der Waals surface area contributed by atoms with Gasteiger partial charge in [-0.25, -0.2) is 0 Å². The van der Waals surface area contributed by atoms with Gasteiger partial charge >= 0.3 is 0 Å². The lowest BCUT2D eigenvalue weighted by Crippen LogP contribution is -2.48. The number of nitrogens with zero attached hydrogens (tertiary/aromatic N) is 2. The molecular formula is C22H23ClN2O. The first-order valence-corrected chi connectivity index (χ1v) is 9.25. The molecule has 0 aliphatic carbocycles. The molecule has 0 unspecified atom stereocenters. The predicted octanol–water partition coefficient (Wildman–Crippen LogP) is 4.21. The van der Waals surface area contributed by atoms with Crippen LogP contribution in [0.25, 0.3) is 12.2 Å². The molecule has 0 saturated carbocycles. The largest absolute Gasteiger partial charge is 0.337 e. The van der Waals surface area contributed by atoms with Crippen molar-refractivity contribution in [3.8, 4) is 0 Å². The summed E-state index contributed by atoms with van der Waals surface area (Å²) in [5, 5.41) is 0.700. The SMILES string of the molecule is O=C(C=Cc1ccc(Cl)cc1)N1CCN(CC=Cc2ccccc2)CC1. The topological polar surface area (TPSA) is 23.6 Å². The smallest absolute Gasteiger partial charge is 0.246 e. The minimum atomic E-state index is 0.0689. The molecule has 26 heavy (non-hydrogen) atoms. The molecule has 4 heteroatoms. The van der Waals surface area contributed by atoms with Crippen LogP contribution in [0.5, 0.6) is 0 Å². The van der Waals surface area contributed by atoms with Gasteiger partial charge < -0.3 is 4.90 Å². The zero-order valence-corrected chi connectivity index (χ0v) is 15.5. The van der Waals surface area contributed by atoms with E-state index in [-0.39, 0.29) is 5.91 Å². The molecule has 1 saturated heterocycles. The Morgan fingerprint density at radius 2 is 1.54 bits per heavy atom. The number of halogens is 1. The summed E-state index contributed by atoms with van der Waals surface area (Å²) in [6, 6.07) is 17.8. The van der Waals surface area contributed by atoms with Crippen LogP contribution < -0.4 is 0 Å². The lowest BCUT2D eigenvalue weighted by Gasteiger charge is -2.33. The van der Waals surface area contributed by atoms with Gasteiger partial charge in [-0.05, 0) is 29.3 Å². The predicted molar refractivity (Wildman–Crippen MR) is 109 cm³/mol. The van der Waals surface area contributed by atoms with Crippen molar-refractivity contribution in [2.45, 2.75) is 0 Å². The van der Waals surface area contributed by atoms with Gasteiger partial charge in [-0.15, -0.1) is 0 Å². The second-order valence-corrected chi connectivity index (χ2v) is 6.76. The average Bonchev–Trinajstić information content (AvgIpc) is 2.69. The molecule has 0 bridgehead atoms. The van der Waals surface area contributed by atoms with Crippen molar-refractivity contribution in [2.75, 3.05) is 32.7 Å². The third-order valence-electron chi connectivity index (χ3n) is 4.45. The van der Waals surface area contributed by atoms with E-state index in [1.54, 1.807) is 6.08 Å². The number of carbonyl (C=O) groups excluding carboxylic acids is 1. The maximum atomic E-state index is 12.3. The summed E-state index contributed by atoms with van der Waals surface area (Å²) >= 11 is 5.87. The van der Waals surface area contributed by atoms with Crippen LogP contribution in [0.15, 0.2) is 66.7 Å². The molecule has 0 atom stereocenters. The van der Waals surface area contributed by atoms with E-state index in [2.05, 4.69) is 29.2 Å². The zero-order chi connectivity index (χ0) is 18.2. The van der Waals surface area contributed by atoms with Gasteiger partial charge in [0, 0.05) is 43.8 Å². The first-order valence-electron chi connectivity index (χ1n) is 8.87. The Kier molecular flexibility index (Phi) is 6.64. The van der Waals surface area contributed by atoms with Crippen LogP contribution in [0.2, 0.25) is 5.02 Å². The number of carbonyl (C=O) groups is 1. The van der Waals surface area contributed by atoms with Gasteiger partial charge in [0.2, 0.25) is 5.91 Å². The van der Waals surface area contributed by atoms with Crippen LogP contribution in [-0.2, 0) is 4.79 Å². The van der Waals surface area contributed by atoms with Crippen LogP contribution in [0.1, 0.15) is 11.1 Å². The van der Waals surface area contributed by atoms with Crippen LogP contribution in [0, 0.1) is 0 Å². The van der Waals surface area contributed by atoms with Crippen LogP contribution in [-0.4, -0.2) is 48.4 Å². The molecule has 1 aliphatic rings. The second kappa shape index (κ2) is 9.37. The number of hydrogen-bond acceptors (Lipinski definition) is 2. The average molecular weight is 367 g/mol. The molecule has 0 radical (unpaired) electrons. The Morgan fingerprint density at radius 1 is 0.885 bits per heavy atom. The molecule has 1 aliphatic heterocycles. The highest BCUT2D eigenvalue weighted by atomic mass is 35.5. The summed E-state index contributed by atoms with van der Waals surface area (Å²) in [6.07, 6.45) is 7.82. The fourth-order valence-corrected chi connectivity index (χ4v) is 3.03. The Labute approximate surface area is 160 Å². The van der Waals surface area contributed by atoms with Gasteiger partial charge in [0.25, 0.3) is 0 Å². The molecule has 0 N–H and O–H groups in total. The maximum Gasteiger partial charge on any atom is 0.246 e. The van der Waals surface area contributed by atoms with Crippen molar-refractivity contribution in [3.63, 3.8) is 0 Å². The van der Waals surface area contributed by atoms with Crippen LogP contribution in [0.4, 0.5) is 0 Å². The number of rotatable bonds is 5. The third kappa shape index (κ3) is 5.58. The lowest BCUT2D eigenvalue weighted by atomic mass is 10.2. The van der Waals surface area contributed by atoms with Crippen LogP contribution >= 0.6 is 11.6 Å². The number of benzene rings is 2. The molecule has 1 heterocycles. The summed E-state index contributed by atoms with van der Waals surface area (Å²) in [6.45, 7) is 4.25. The molecule has 1 fully saturated rings. The summed E-state index contributed by atoms with van der Waals surface area (Å²) in [4.78, 5) is 16.6. The highest BCUT2D eigenvalue weighted by molar-refractivity contribution is 6.30. The van der Waals surface area contributed by atoms with E-state index in [9.17, 15) is 4.79 Å². The normalized spacial score (nSPS) is 15.8. The van der Waals surface area contributed by atoms with Crippen molar-refractivity contribution < 1.29 is 4.79 Å². The highest BCUT2D eigenvalue weighted by Gasteiger charge is 2.18. The first kappa shape index (κ1) is 18.4. The minimum absolute atomic E-state index is 0.0689.